The molecule has 0 saturated heterocycles. The summed E-state index contributed by atoms with van der Waals surface area (Å²) in [4.78, 5) is 10.4. The van der Waals surface area contributed by atoms with Gasteiger partial charge in [-0.25, -0.2) is 8.78 Å². The van der Waals surface area contributed by atoms with Crippen LogP contribution in [-0.4, -0.2) is 12.2 Å². The average molecular weight is 174 g/mol. The fourth-order valence-electron chi connectivity index (χ4n) is 2.72. The van der Waals surface area contributed by atoms with Gasteiger partial charge in [-0.05, 0) is 24.7 Å². The van der Waals surface area contributed by atoms with Gasteiger partial charge < -0.3 is 4.79 Å². The minimum Gasteiger partial charge on any atom is -0.303 e. The molecule has 2 fully saturated rings. The second kappa shape index (κ2) is 2.51. The van der Waals surface area contributed by atoms with Gasteiger partial charge in [0.2, 0.25) is 5.92 Å². The quantitative estimate of drug-likeness (QED) is 0.557. The molecular weight excluding hydrogens is 162 g/mol. The van der Waals surface area contributed by atoms with Crippen LogP contribution in [0.5, 0.6) is 0 Å². The first-order valence-electron chi connectivity index (χ1n) is 4.44. The predicted octanol–water partition coefficient (Wildman–Crippen LogP) is 2.26. The highest BCUT2D eigenvalue weighted by atomic mass is 19.3. The molecule has 0 amide bonds. The monoisotopic (exact) mass is 174 g/mol. The lowest BCUT2D eigenvalue weighted by Crippen LogP contribution is -2.12. The van der Waals surface area contributed by atoms with E-state index >= 15 is 0 Å². The highest BCUT2D eigenvalue weighted by Gasteiger charge is 2.50. The number of halogens is 2. The Hall–Kier alpha value is -0.470. The minimum absolute atomic E-state index is 0.0159. The molecule has 0 spiro atoms. The smallest absolute Gasteiger partial charge is 0.248 e. The van der Waals surface area contributed by atoms with Crippen LogP contribution in [-0.2, 0) is 4.79 Å². The highest BCUT2D eigenvalue weighted by Crippen LogP contribution is 2.52. The molecule has 12 heavy (non-hydrogen) atoms. The summed E-state index contributed by atoms with van der Waals surface area (Å²) in [6.45, 7) is 0. The summed E-state index contributed by atoms with van der Waals surface area (Å²) in [7, 11) is 0. The third-order valence-corrected chi connectivity index (χ3v) is 3.19. The molecule has 3 atom stereocenters. The Labute approximate surface area is 70.1 Å². The Morgan fingerprint density at radius 3 is 2.08 bits per heavy atom. The summed E-state index contributed by atoms with van der Waals surface area (Å²) >= 11 is 0. The molecule has 68 valence electrons. The van der Waals surface area contributed by atoms with Crippen LogP contribution in [0.1, 0.15) is 25.7 Å². The molecule has 2 aliphatic rings. The van der Waals surface area contributed by atoms with E-state index in [4.69, 9.17) is 0 Å². The van der Waals surface area contributed by atoms with Crippen LogP contribution < -0.4 is 0 Å². The Morgan fingerprint density at radius 2 is 1.67 bits per heavy atom. The summed E-state index contributed by atoms with van der Waals surface area (Å²) in [6.07, 6.45) is 2.36. The first kappa shape index (κ1) is 8.14. The van der Waals surface area contributed by atoms with Gasteiger partial charge in [-0.2, -0.15) is 0 Å². The molecule has 2 rings (SSSR count). The largest absolute Gasteiger partial charge is 0.303 e. The lowest BCUT2D eigenvalue weighted by molar-refractivity contribution is -0.111. The van der Waals surface area contributed by atoms with Crippen molar-refractivity contribution in [3.63, 3.8) is 0 Å². The molecule has 0 unspecified atom stereocenters. The molecule has 0 aromatic heterocycles. The van der Waals surface area contributed by atoms with E-state index in [0.29, 0.717) is 12.8 Å². The number of fused-ring (bicyclic) bond motifs is 1. The first-order valence-corrected chi connectivity index (χ1v) is 4.44. The van der Waals surface area contributed by atoms with Crippen molar-refractivity contribution in [3.8, 4) is 0 Å². The summed E-state index contributed by atoms with van der Waals surface area (Å²) in [5.41, 5.74) is 0. The fourth-order valence-corrected chi connectivity index (χ4v) is 2.72. The highest BCUT2D eigenvalue weighted by molar-refractivity contribution is 5.54. The lowest BCUT2D eigenvalue weighted by Gasteiger charge is -2.09. The summed E-state index contributed by atoms with van der Waals surface area (Å²) in [5.74, 6) is -2.13. The van der Waals surface area contributed by atoms with Crippen molar-refractivity contribution in [2.24, 2.45) is 17.8 Å². The molecule has 0 heterocycles. The SMILES string of the molecule is O=C[C@@H]1C[C@@H]2CC(F)(F)C[C@@H]2C1. The van der Waals surface area contributed by atoms with Crippen molar-refractivity contribution < 1.29 is 13.6 Å². The van der Waals surface area contributed by atoms with Gasteiger partial charge in [-0.3, -0.25) is 0 Å². The molecule has 0 N–H and O–H groups in total. The Kier molecular flexibility index (Phi) is 1.70. The molecule has 0 bridgehead atoms. The maximum atomic E-state index is 12.8. The molecule has 2 saturated carbocycles. The van der Waals surface area contributed by atoms with E-state index in [2.05, 4.69) is 0 Å². The van der Waals surface area contributed by atoms with Gasteiger partial charge >= 0.3 is 0 Å². The number of carbonyl (C=O) groups is 1. The summed E-state index contributed by atoms with van der Waals surface area (Å²) in [5, 5.41) is 0. The summed E-state index contributed by atoms with van der Waals surface area (Å²) < 4.78 is 25.6. The van der Waals surface area contributed by atoms with E-state index < -0.39 is 5.92 Å². The van der Waals surface area contributed by atoms with Gasteiger partial charge in [0.1, 0.15) is 6.29 Å². The van der Waals surface area contributed by atoms with E-state index in [1.165, 1.54) is 0 Å². The molecule has 0 aromatic rings. The zero-order valence-electron chi connectivity index (χ0n) is 6.80. The average Bonchev–Trinajstić information content (AvgIpc) is 2.40. The Bertz CT molecular complexity index is 187. The number of hydrogen-bond donors (Lipinski definition) is 0. The molecular formula is C9H12F2O. The normalized spacial score (nSPS) is 44.3. The fraction of sp³-hybridized carbons (Fsp3) is 0.889. The van der Waals surface area contributed by atoms with Gasteiger partial charge in [0.25, 0.3) is 0 Å². The third-order valence-electron chi connectivity index (χ3n) is 3.19. The maximum absolute atomic E-state index is 12.8. The number of rotatable bonds is 1. The zero-order chi connectivity index (χ0) is 8.77. The van der Waals surface area contributed by atoms with Gasteiger partial charge in [-0.1, -0.05) is 0 Å². The summed E-state index contributed by atoms with van der Waals surface area (Å²) in [6, 6.07) is 0. The molecule has 0 radical (unpaired) electrons. The van der Waals surface area contributed by atoms with E-state index in [0.717, 1.165) is 6.29 Å². The number of hydrogen-bond acceptors (Lipinski definition) is 1. The minimum atomic E-state index is -2.44. The van der Waals surface area contributed by atoms with Crippen molar-refractivity contribution in [2.45, 2.75) is 31.6 Å². The third kappa shape index (κ3) is 1.25. The standard InChI is InChI=1S/C9H12F2O/c10-9(11)3-7-1-6(5-12)2-8(7)4-9/h5-8H,1-4H2/t6-,7-,8+. The molecule has 1 nitrogen and oxygen atoms in total. The van der Waals surface area contributed by atoms with Crippen molar-refractivity contribution in [1.82, 2.24) is 0 Å². The number of aldehydes is 1. The van der Waals surface area contributed by atoms with Gasteiger partial charge in [0.15, 0.2) is 0 Å². The molecule has 0 aromatic carbocycles. The number of alkyl halides is 2. The van der Waals surface area contributed by atoms with E-state index in [9.17, 15) is 13.6 Å². The second-order valence-corrected chi connectivity index (χ2v) is 4.15. The van der Waals surface area contributed by atoms with Crippen LogP contribution in [0.2, 0.25) is 0 Å². The zero-order valence-corrected chi connectivity index (χ0v) is 6.80. The van der Waals surface area contributed by atoms with Crippen LogP contribution in [0, 0.1) is 17.8 Å². The topological polar surface area (TPSA) is 17.1 Å². The second-order valence-electron chi connectivity index (χ2n) is 4.15. The van der Waals surface area contributed by atoms with Crippen molar-refractivity contribution in [3.05, 3.63) is 0 Å². The number of carbonyl (C=O) groups excluding carboxylic acids is 1. The van der Waals surface area contributed by atoms with Crippen molar-refractivity contribution >= 4 is 6.29 Å². The van der Waals surface area contributed by atoms with Gasteiger partial charge in [0.05, 0.1) is 0 Å². The van der Waals surface area contributed by atoms with Crippen LogP contribution in [0.3, 0.4) is 0 Å². The predicted molar refractivity (Wildman–Crippen MR) is 39.9 cm³/mol. The Balaban J connectivity index is 2.02. The molecule has 0 aliphatic heterocycles. The van der Waals surface area contributed by atoms with Crippen molar-refractivity contribution in [1.29, 1.82) is 0 Å². The Morgan fingerprint density at radius 1 is 1.17 bits per heavy atom. The van der Waals surface area contributed by atoms with Crippen LogP contribution in [0.4, 0.5) is 8.78 Å². The van der Waals surface area contributed by atoms with E-state index in [1.54, 1.807) is 0 Å². The van der Waals surface area contributed by atoms with Crippen LogP contribution in [0.15, 0.2) is 0 Å². The van der Waals surface area contributed by atoms with Gasteiger partial charge in [-0.15, -0.1) is 0 Å². The van der Waals surface area contributed by atoms with Gasteiger partial charge in [0, 0.05) is 18.8 Å². The maximum Gasteiger partial charge on any atom is 0.248 e. The van der Waals surface area contributed by atoms with E-state index in [-0.39, 0.29) is 30.6 Å². The van der Waals surface area contributed by atoms with E-state index in [1.807, 2.05) is 0 Å². The lowest BCUT2D eigenvalue weighted by atomic mass is 10.0. The molecule has 3 heteroatoms. The van der Waals surface area contributed by atoms with Crippen LogP contribution >= 0.6 is 0 Å². The van der Waals surface area contributed by atoms with Crippen LogP contribution in [0.25, 0.3) is 0 Å². The first-order chi connectivity index (χ1) is 5.61. The molecule has 2 aliphatic carbocycles. The van der Waals surface area contributed by atoms with Crippen molar-refractivity contribution in [2.75, 3.05) is 0 Å².